The molecule has 0 aliphatic rings. The van der Waals surface area contributed by atoms with Crippen LogP contribution in [0.2, 0.25) is 18.1 Å². The van der Waals surface area contributed by atoms with E-state index in [1.165, 1.54) is 43.8 Å². The fourth-order valence-electron chi connectivity index (χ4n) is 2.39. The first-order valence-electron chi connectivity index (χ1n) is 7.46. The summed E-state index contributed by atoms with van der Waals surface area (Å²) in [6.07, 6.45) is 8.63. The number of hydrogen-bond acceptors (Lipinski definition) is 1. The van der Waals surface area contributed by atoms with Crippen LogP contribution in [0.1, 0.15) is 59.8 Å². The Hall–Kier alpha value is -0.0831. The van der Waals surface area contributed by atoms with Gasteiger partial charge in [-0.2, -0.15) is 0 Å². The molecular weight excluding hydrogens is 224 g/mol. The minimum atomic E-state index is -1.43. The summed E-state index contributed by atoms with van der Waals surface area (Å²) in [7, 11) is -1.43. The molecule has 0 spiro atoms. The van der Waals surface area contributed by atoms with Crippen LogP contribution in [0.25, 0.3) is 0 Å². The van der Waals surface area contributed by atoms with Crippen molar-refractivity contribution in [2.24, 2.45) is 0 Å². The quantitative estimate of drug-likeness (QED) is 0.268. The number of unbranched alkanes of at least 4 members (excludes halogenated alkanes) is 2. The van der Waals surface area contributed by atoms with Crippen LogP contribution in [0.3, 0.4) is 0 Å². The molecule has 102 valence electrons. The van der Waals surface area contributed by atoms with Crippen molar-refractivity contribution in [1.82, 2.24) is 0 Å². The Morgan fingerprint density at radius 1 is 1.06 bits per heavy atom. The predicted octanol–water partition coefficient (Wildman–Crippen LogP) is 5.53. The van der Waals surface area contributed by atoms with E-state index in [1.54, 1.807) is 0 Å². The van der Waals surface area contributed by atoms with Crippen molar-refractivity contribution in [2.45, 2.75) is 84.0 Å². The van der Waals surface area contributed by atoms with Crippen LogP contribution in [-0.4, -0.2) is 14.4 Å². The van der Waals surface area contributed by atoms with E-state index < -0.39 is 8.32 Å². The fraction of sp³-hybridized carbons (Fsp3) is 0.867. The molecule has 1 nitrogen and oxygen atoms in total. The van der Waals surface area contributed by atoms with E-state index in [1.807, 2.05) is 6.08 Å². The summed E-state index contributed by atoms with van der Waals surface area (Å²) >= 11 is 0. The molecule has 0 bridgehead atoms. The molecule has 0 aromatic heterocycles. The van der Waals surface area contributed by atoms with Crippen molar-refractivity contribution in [3.05, 3.63) is 12.7 Å². The molecule has 2 heteroatoms. The summed E-state index contributed by atoms with van der Waals surface area (Å²) in [5.41, 5.74) is 0. The van der Waals surface area contributed by atoms with E-state index in [2.05, 4.69) is 34.3 Å². The SMILES string of the molecule is C=CC[C@@H](CCCCC)O[Si](CC)(CC)CC. The second kappa shape index (κ2) is 9.90. The second-order valence-corrected chi connectivity index (χ2v) is 9.73. The van der Waals surface area contributed by atoms with E-state index in [0.717, 1.165) is 6.42 Å². The Kier molecular flexibility index (Phi) is 9.85. The summed E-state index contributed by atoms with van der Waals surface area (Å²) in [5.74, 6) is 0. The molecule has 0 N–H and O–H groups in total. The highest BCUT2D eigenvalue weighted by Crippen LogP contribution is 2.26. The van der Waals surface area contributed by atoms with Gasteiger partial charge in [-0.25, -0.2) is 0 Å². The number of rotatable bonds is 11. The van der Waals surface area contributed by atoms with Gasteiger partial charge in [-0.15, -0.1) is 6.58 Å². The van der Waals surface area contributed by atoms with Gasteiger partial charge in [0, 0.05) is 6.10 Å². The first-order valence-corrected chi connectivity index (χ1v) is 9.99. The van der Waals surface area contributed by atoms with Gasteiger partial charge in [-0.05, 0) is 31.0 Å². The van der Waals surface area contributed by atoms with Gasteiger partial charge in [-0.1, -0.05) is 53.0 Å². The lowest BCUT2D eigenvalue weighted by molar-refractivity contribution is 0.175. The smallest absolute Gasteiger partial charge is 0.192 e. The zero-order valence-electron chi connectivity index (χ0n) is 12.4. The standard InChI is InChI=1S/C15H32OSi/c1-6-11-12-14-15(13-7-2)16-17(8-3,9-4)10-5/h7,15H,2,6,8-14H2,1,3-5H3/t15-/m0/s1. The summed E-state index contributed by atoms with van der Waals surface area (Å²) in [6.45, 7) is 13.0. The van der Waals surface area contributed by atoms with E-state index >= 15 is 0 Å². The molecule has 0 aliphatic heterocycles. The van der Waals surface area contributed by atoms with Crippen LogP contribution < -0.4 is 0 Å². The molecular formula is C15H32OSi. The van der Waals surface area contributed by atoms with Crippen molar-refractivity contribution in [3.8, 4) is 0 Å². The largest absolute Gasteiger partial charge is 0.414 e. The molecule has 0 fully saturated rings. The monoisotopic (exact) mass is 256 g/mol. The third-order valence-corrected chi connectivity index (χ3v) is 8.61. The summed E-state index contributed by atoms with van der Waals surface area (Å²) in [4.78, 5) is 0. The lowest BCUT2D eigenvalue weighted by Gasteiger charge is -2.33. The zero-order chi connectivity index (χ0) is 13.1. The van der Waals surface area contributed by atoms with E-state index in [4.69, 9.17) is 4.43 Å². The summed E-state index contributed by atoms with van der Waals surface area (Å²) in [5, 5.41) is 0. The fourth-order valence-corrected chi connectivity index (χ4v) is 5.31. The topological polar surface area (TPSA) is 9.23 Å². The molecule has 0 aromatic carbocycles. The predicted molar refractivity (Wildman–Crippen MR) is 81.0 cm³/mol. The molecule has 0 saturated carbocycles. The highest BCUT2D eigenvalue weighted by Gasteiger charge is 2.31. The Bertz CT molecular complexity index is 179. The highest BCUT2D eigenvalue weighted by molar-refractivity contribution is 6.73. The zero-order valence-corrected chi connectivity index (χ0v) is 13.4. The lowest BCUT2D eigenvalue weighted by Crippen LogP contribution is -2.39. The molecule has 0 radical (unpaired) electrons. The van der Waals surface area contributed by atoms with Crippen molar-refractivity contribution in [2.75, 3.05) is 0 Å². The van der Waals surface area contributed by atoms with E-state index in [0.29, 0.717) is 6.10 Å². The molecule has 0 unspecified atom stereocenters. The average molecular weight is 257 g/mol. The second-order valence-electron chi connectivity index (χ2n) is 5.00. The van der Waals surface area contributed by atoms with Gasteiger partial charge < -0.3 is 4.43 Å². The van der Waals surface area contributed by atoms with Crippen molar-refractivity contribution < 1.29 is 4.43 Å². The van der Waals surface area contributed by atoms with Crippen LogP contribution in [0, 0.1) is 0 Å². The maximum absolute atomic E-state index is 6.54. The van der Waals surface area contributed by atoms with Gasteiger partial charge in [-0.3, -0.25) is 0 Å². The van der Waals surface area contributed by atoms with Crippen molar-refractivity contribution >= 4 is 8.32 Å². The van der Waals surface area contributed by atoms with E-state index in [-0.39, 0.29) is 0 Å². The summed E-state index contributed by atoms with van der Waals surface area (Å²) in [6, 6.07) is 3.75. The molecule has 0 aliphatic carbocycles. The van der Waals surface area contributed by atoms with Crippen LogP contribution in [0.5, 0.6) is 0 Å². The highest BCUT2D eigenvalue weighted by atomic mass is 28.4. The third-order valence-electron chi connectivity index (χ3n) is 3.91. The first-order chi connectivity index (χ1) is 8.17. The number of hydrogen-bond donors (Lipinski definition) is 0. The maximum Gasteiger partial charge on any atom is 0.192 e. The van der Waals surface area contributed by atoms with Gasteiger partial charge >= 0.3 is 0 Å². The maximum atomic E-state index is 6.54. The first kappa shape index (κ1) is 16.9. The van der Waals surface area contributed by atoms with Crippen molar-refractivity contribution in [1.29, 1.82) is 0 Å². The van der Waals surface area contributed by atoms with E-state index in [9.17, 15) is 0 Å². The van der Waals surface area contributed by atoms with Gasteiger partial charge in [0.2, 0.25) is 0 Å². The lowest BCUT2D eigenvalue weighted by atomic mass is 10.1. The normalized spacial score (nSPS) is 13.6. The minimum absolute atomic E-state index is 0.436. The van der Waals surface area contributed by atoms with Gasteiger partial charge in [0.25, 0.3) is 0 Å². The molecule has 1 atom stereocenters. The average Bonchev–Trinajstić information content (AvgIpc) is 2.36. The van der Waals surface area contributed by atoms with Crippen LogP contribution in [0.4, 0.5) is 0 Å². The molecule has 0 aromatic rings. The van der Waals surface area contributed by atoms with Crippen molar-refractivity contribution in [3.63, 3.8) is 0 Å². The summed E-state index contributed by atoms with van der Waals surface area (Å²) < 4.78 is 6.54. The molecule has 0 saturated heterocycles. The Morgan fingerprint density at radius 3 is 2.06 bits per heavy atom. The van der Waals surface area contributed by atoms with Crippen LogP contribution >= 0.6 is 0 Å². The van der Waals surface area contributed by atoms with Gasteiger partial charge in [0.15, 0.2) is 8.32 Å². The van der Waals surface area contributed by atoms with Crippen LogP contribution in [-0.2, 0) is 4.43 Å². The van der Waals surface area contributed by atoms with Crippen LogP contribution in [0.15, 0.2) is 12.7 Å². The van der Waals surface area contributed by atoms with Gasteiger partial charge in [0.05, 0.1) is 0 Å². The molecule has 0 rings (SSSR count). The molecule has 0 heterocycles. The Morgan fingerprint density at radius 2 is 1.65 bits per heavy atom. The minimum Gasteiger partial charge on any atom is -0.414 e. The Balaban J connectivity index is 4.32. The molecule has 17 heavy (non-hydrogen) atoms. The Labute approximate surface area is 110 Å². The van der Waals surface area contributed by atoms with Gasteiger partial charge in [0.1, 0.15) is 0 Å². The third kappa shape index (κ3) is 6.42. The molecule has 0 amide bonds.